The van der Waals surface area contributed by atoms with Crippen LogP contribution >= 0.6 is 27.7 Å². The molecule has 0 aliphatic carbocycles. The van der Waals surface area contributed by atoms with Gasteiger partial charge in [0.05, 0.1) is 0 Å². The summed E-state index contributed by atoms with van der Waals surface area (Å²) in [6.07, 6.45) is 3.01. The van der Waals surface area contributed by atoms with Gasteiger partial charge >= 0.3 is 0 Å². The average molecular weight is 316 g/mol. The van der Waals surface area contributed by atoms with Crippen LogP contribution in [0, 0.1) is 6.92 Å². The van der Waals surface area contributed by atoms with Crippen LogP contribution in [0.25, 0.3) is 0 Å². The molecule has 0 fully saturated rings. The highest BCUT2D eigenvalue weighted by molar-refractivity contribution is 9.10. The molecule has 0 aliphatic heterocycles. The fourth-order valence-corrected chi connectivity index (χ4v) is 2.67. The summed E-state index contributed by atoms with van der Waals surface area (Å²) in [6.45, 7) is 4.05. The van der Waals surface area contributed by atoms with Crippen molar-refractivity contribution in [2.45, 2.75) is 26.3 Å². The molecule has 1 rings (SSSR count). The molecule has 0 spiro atoms. The molecule has 1 atom stereocenters. The Bertz CT molecular complexity index is 395. The van der Waals surface area contributed by atoms with Crippen molar-refractivity contribution in [3.05, 3.63) is 33.8 Å². The standard InChI is InChI=1S/C13H18BrNOS/c1-4-10(8-17-3)15-13(16)11-6-5-7-12(14)9(11)2/h5-7,10H,4,8H2,1-3H3,(H,15,16). The molecule has 2 nitrogen and oxygen atoms in total. The van der Waals surface area contributed by atoms with Gasteiger partial charge in [-0.15, -0.1) is 0 Å². The molecule has 1 unspecified atom stereocenters. The second-order valence-corrected chi connectivity index (χ2v) is 5.71. The van der Waals surface area contributed by atoms with Crippen molar-refractivity contribution in [1.29, 1.82) is 0 Å². The lowest BCUT2D eigenvalue weighted by atomic mass is 10.1. The maximum Gasteiger partial charge on any atom is 0.251 e. The molecule has 1 aromatic carbocycles. The van der Waals surface area contributed by atoms with Gasteiger partial charge in [-0.2, -0.15) is 11.8 Å². The van der Waals surface area contributed by atoms with Gasteiger partial charge in [0, 0.05) is 21.8 Å². The van der Waals surface area contributed by atoms with Crippen molar-refractivity contribution in [3.63, 3.8) is 0 Å². The zero-order valence-corrected chi connectivity index (χ0v) is 12.8. The number of carbonyl (C=O) groups is 1. The van der Waals surface area contributed by atoms with Crippen LogP contribution in [0.5, 0.6) is 0 Å². The highest BCUT2D eigenvalue weighted by Crippen LogP contribution is 2.19. The highest BCUT2D eigenvalue weighted by atomic mass is 79.9. The summed E-state index contributed by atoms with van der Waals surface area (Å²) in [4.78, 5) is 12.1. The van der Waals surface area contributed by atoms with Crippen LogP contribution in [0.4, 0.5) is 0 Å². The molecule has 4 heteroatoms. The van der Waals surface area contributed by atoms with Crippen molar-refractivity contribution in [2.24, 2.45) is 0 Å². The maximum absolute atomic E-state index is 12.1. The van der Waals surface area contributed by atoms with E-state index in [0.29, 0.717) is 0 Å². The minimum absolute atomic E-state index is 0.0182. The summed E-state index contributed by atoms with van der Waals surface area (Å²) in [5.41, 5.74) is 1.74. The molecule has 0 saturated carbocycles. The number of benzene rings is 1. The summed E-state index contributed by atoms with van der Waals surface area (Å²) in [5.74, 6) is 0.972. The number of nitrogens with one attached hydrogen (secondary N) is 1. The summed E-state index contributed by atoms with van der Waals surface area (Å²) in [7, 11) is 0. The van der Waals surface area contributed by atoms with E-state index in [9.17, 15) is 4.79 Å². The first-order valence-electron chi connectivity index (χ1n) is 5.65. The highest BCUT2D eigenvalue weighted by Gasteiger charge is 2.14. The van der Waals surface area contributed by atoms with Gasteiger partial charge in [0.1, 0.15) is 0 Å². The Morgan fingerprint density at radius 3 is 2.82 bits per heavy atom. The van der Waals surface area contributed by atoms with E-state index in [2.05, 4.69) is 34.4 Å². The molecule has 0 aliphatic rings. The molecular weight excluding hydrogens is 298 g/mol. The third-order valence-corrected chi connectivity index (χ3v) is 4.30. The zero-order chi connectivity index (χ0) is 12.8. The molecule has 0 heterocycles. The minimum Gasteiger partial charge on any atom is -0.348 e. The van der Waals surface area contributed by atoms with Crippen LogP contribution in [0.1, 0.15) is 29.3 Å². The second-order valence-electron chi connectivity index (χ2n) is 3.95. The normalized spacial score (nSPS) is 12.2. The molecule has 94 valence electrons. The van der Waals surface area contributed by atoms with Crippen LogP contribution in [0.15, 0.2) is 22.7 Å². The molecule has 0 saturated heterocycles. The van der Waals surface area contributed by atoms with Crippen molar-refractivity contribution in [1.82, 2.24) is 5.32 Å². The van der Waals surface area contributed by atoms with Gasteiger partial charge in [-0.3, -0.25) is 4.79 Å². The van der Waals surface area contributed by atoms with Crippen molar-refractivity contribution < 1.29 is 4.79 Å². The molecule has 0 aromatic heterocycles. The van der Waals surface area contributed by atoms with Gasteiger partial charge in [-0.05, 0) is 37.3 Å². The van der Waals surface area contributed by atoms with E-state index in [1.165, 1.54) is 0 Å². The molecule has 0 radical (unpaired) electrons. The quantitative estimate of drug-likeness (QED) is 0.899. The Morgan fingerprint density at radius 1 is 1.53 bits per heavy atom. The Balaban J connectivity index is 2.79. The van der Waals surface area contributed by atoms with Crippen LogP contribution in [-0.4, -0.2) is 24.0 Å². The lowest BCUT2D eigenvalue weighted by molar-refractivity contribution is 0.0939. The molecule has 17 heavy (non-hydrogen) atoms. The number of carbonyl (C=O) groups excluding carboxylic acids is 1. The van der Waals surface area contributed by atoms with Crippen LogP contribution in [0.2, 0.25) is 0 Å². The number of halogens is 1. The van der Waals surface area contributed by atoms with E-state index in [-0.39, 0.29) is 11.9 Å². The van der Waals surface area contributed by atoms with Gasteiger partial charge in [0.2, 0.25) is 0 Å². The minimum atomic E-state index is 0.0182. The van der Waals surface area contributed by atoms with Gasteiger partial charge in [-0.1, -0.05) is 28.9 Å². The van der Waals surface area contributed by atoms with Gasteiger partial charge in [0.25, 0.3) is 5.91 Å². The van der Waals surface area contributed by atoms with E-state index < -0.39 is 0 Å². The van der Waals surface area contributed by atoms with Crippen molar-refractivity contribution >= 4 is 33.6 Å². The first-order chi connectivity index (χ1) is 8.10. The topological polar surface area (TPSA) is 29.1 Å². The molecule has 1 aromatic rings. The smallest absolute Gasteiger partial charge is 0.251 e. The molecular formula is C13H18BrNOS. The summed E-state index contributed by atoms with van der Waals surface area (Å²) < 4.78 is 0.975. The Kier molecular flexibility index (Phi) is 6.06. The first kappa shape index (κ1) is 14.6. The number of thioether (sulfide) groups is 1. The van der Waals surface area contributed by atoms with Crippen molar-refractivity contribution in [2.75, 3.05) is 12.0 Å². The van der Waals surface area contributed by atoms with E-state index in [1.54, 1.807) is 11.8 Å². The number of amides is 1. The average Bonchev–Trinajstić information content (AvgIpc) is 2.31. The van der Waals surface area contributed by atoms with E-state index >= 15 is 0 Å². The molecule has 1 N–H and O–H groups in total. The number of hydrogen-bond donors (Lipinski definition) is 1. The SMILES string of the molecule is CCC(CSC)NC(=O)c1cccc(Br)c1C. The second kappa shape index (κ2) is 7.07. The Morgan fingerprint density at radius 2 is 2.24 bits per heavy atom. The summed E-state index contributed by atoms with van der Waals surface area (Å²) in [6, 6.07) is 5.95. The van der Waals surface area contributed by atoms with Crippen LogP contribution < -0.4 is 5.32 Å². The number of hydrogen-bond acceptors (Lipinski definition) is 2. The van der Waals surface area contributed by atoms with E-state index in [0.717, 1.165) is 27.8 Å². The Hall–Kier alpha value is -0.480. The van der Waals surface area contributed by atoms with Crippen LogP contribution in [-0.2, 0) is 0 Å². The van der Waals surface area contributed by atoms with Gasteiger partial charge in [0.15, 0.2) is 0 Å². The fourth-order valence-electron chi connectivity index (χ4n) is 1.58. The summed E-state index contributed by atoms with van der Waals surface area (Å²) in [5, 5.41) is 3.07. The van der Waals surface area contributed by atoms with Crippen LogP contribution in [0.3, 0.4) is 0 Å². The van der Waals surface area contributed by atoms with Crippen molar-refractivity contribution in [3.8, 4) is 0 Å². The number of rotatable bonds is 5. The predicted molar refractivity (Wildman–Crippen MR) is 78.8 cm³/mol. The lowest BCUT2D eigenvalue weighted by Crippen LogP contribution is -2.36. The molecule has 0 bridgehead atoms. The predicted octanol–water partition coefficient (Wildman–Crippen LogP) is 3.63. The monoisotopic (exact) mass is 315 g/mol. The van der Waals surface area contributed by atoms with E-state index in [1.807, 2.05) is 25.1 Å². The zero-order valence-electron chi connectivity index (χ0n) is 10.4. The Labute approximate surface area is 116 Å². The summed E-state index contributed by atoms with van der Waals surface area (Å²) >= 11 is 5.20. The third-order valence-electron chi connectivity index (χ3n) is 2.71. The molecule has 1 amide bonds. The van der Waals surface area contributed by atoms with Gasteiger partial charge in [-0.25, -0.2) is 0 Å². The maximum atomic E-state index is 12.1. The first-order valence-corrected chi connectivity index (χ1v) is 7.83. The van der Waals surface area contributed by atoms with E-state index in [4.69, 9.17) is 0 Å². The fraction of sp³-hybridized carbons (Fsp3) is 0.462. The van der Waals surface area contributed by atoms with Gasteiger partial charge < -0.3 is 5.32 Å². The largest absolute Gasteiger partial charge is 0.348 e. The third kappa shape index (κ3) is 4.03. The lowest BCUT2D eigenvalue weighted by Gasteiger charge is -2.16.